The summed E-state index contributed by atoms with van der Waals surface area (Å²) in [5.41, 5.74) is 1.72. The van der Waals surface area contributed by atoms with Gasteiger partial charge in [0.15, 0.2) is 0 Å². The second-order valence-electron chi connectivity index (χ2n) is 4.72. The predicted octanol–water partition coefficient (Wildman–Crippen LogP) is 4.00. The maximum atomic E-state index is 13.2. The van der Waals surface area contributed by atoms with E-state index in [9.17, 15) is 4.39 Å². The van der Waals surface area contributed by atoms with Crippen molar-refractivity contribution in [2.45, 2.75) is 33.2 Å². The summed E-state index contributed by atoms with van der Waals surface area (Å²) in [4.78, 5) is 4.49. The van der Waals surface area contributed by atoms with Crippen molar-refractivity contribution in [2.75, 3.05) is 5.88 Å². The van der Waals surface area contributed by atoms with Gasteiger partial charge in [-0.3, -0.25) is 0 Å². The predicted molar refractivity (Wildman–Crippen MR) is 73.6 cm³/mol. The van der Waals surface area contributed by atoms with Gasteiger partial charge in [0.1, 0.15) is 11.6 Å². The minimum Gasteiger partial charge on any atom is -0.328 e. The zero-order valence-corrected chi connectivity index (χ0v) is 11.5. The Hall–Kier alpha value is -1.09. The molecule has 2 rings (SSSR count). The molecule has 1 heterocycles. The molecule has 1 aromatic heterocycles. The Bertz CT molecular complexity index is 536. The molecule has 2 nitrogen and oxygen atoms in total. The van der Waals surface area contributed by atoms with Crippen molar-refractivity contribution in [1.82, 2.24) is 9.55 Å². The summed E-state index contributed by atoms with van der Waals surface area (Å²) in [5, 5.41) is 0. The van der Waals surface area contributed by atoms with Crippen molar-refractivity contribution in [3.63, 3.8) is 0 Å². The molecule has 0 N–H and O–H groups in total. The number of aryl methyl sites for hydroxylation is 1. The van der Waals surface area contributed by atoms with Crippen LogP contribution in [-0.4, -0.2) is 15.4 Å². The Kier molecular flexibility index (Phi) is 4.23. The lowest BCUT2D eigenvalue weighted by molar-refractivity contribution is 0.466. The third-order valence-electron chi connectivity index (χ3n) is 3.30. The van der Waals surface area contributed by atoms with Gasteiger partial charge in [-0.2, -0.15) is 0 Å². The minimum atomic E-state index is -0.242. The molecular formula is C14H18ClFN2. The summed E-state index contributed by atoms with van der Waals surface area (Å²) in [6.45, 7) is 5.29. The molecule has 0 amide bonds. The number of imidazole rings is 1. The molecule has 18 heavy (non-hydrogen) atoms. The van der Waals surface area contributed by atoms with Crippen molar-refractivity contribution in [1.29, 1.82) is 0 Å². The van der Waals surface area contributed by atoms with Crippen LogP contribution >= 0.6 is 11.6 Å². The first-order chi connectivity index (χ1) is 8.65. The van der Waals surface area contributed by atoms with Crippen LogP contribution in [0.1, 0.15) is 26.1 Å². The zero-order valence-electron chi connectivity index (χ0n) is 10.8. The number of alkyl halides is 1. The number of benzene rings is 1. The molecule has 0 aliphatic heterocycles. The van der Waals surface area contributed by atoms with Gasteiger partial charge in [0.05, 0.1) is 11.0 Å². The Balaban J connectivity index is 2.48. The van der Waals surface area contributed by atoms with Crippen LogP contribution in [0.25, 0.3) is 11.0 Å². The number of aromatic nitrogens is 2. The molecule has 0 aliphatic carbocycles. The first-order valence-electron chi connectivity index (χ1n) is 6.36. The fraction of sp³-hybridized carbons (Fsp3) is 0.500. The summed E-state index contributed by atoms with van der Waals surface area (Å²) in [6, 6.07) is 4.78. The number of fused-ring (bicyclic) bond motifs is 1. The number of rotatable bonds is 5. The lowest BCUT2D eigenvalue weighted by atomic mass is 10.1. The van der Waals surface area contributed by atoms with Crippen LogP contribution in [0, 0.1) is 11.7 Å². The quantitative estimate of drug-likeness (QED) is 0.750. The van der Waals surface area contributed by atoms with Gasteiger partial charge < -0.3 is 4.57 Å². The highest BCUT2D eigenvalue weighted by molar-refractivity contribution is 6.17. The molecule has 1 atom stereocenters. The average molecular weight is 269 g/mol. The van der Waals surface area contributed by atoms with Crippen LogP contribution in [-0.2, 0) is 13.0 Å². The molecule has 98 valence electrons. The van der Waals surface area contributed by atoms with Gasteiger partial charge in [0, 0.05) is 24.9 Å². The number of hydrogen-bond donors (Lipinski definition) is 0. The van der Waals surface area contributed by atoms with E-state index in [1.54, 1.807) is 6.07 Å². The Morgan fingerprint density at radius 1 is 1.44 bits per heavy atom. The zero-order chi connectivity index (χ0) is 13.1. The third-order valence-corrected chi connectivity index (χ3v) is 3.49. The van der Waals surface area contributed by atoms with E-state index in [-0.39, 0.29) is 5.82 Å². The normalized spacial score (nSPS) is 13.1. The van der Waals surface area contributed by atoms with Crippen LogP contribution < -0.4 is 0 Å². The molecule has 0 spiro atoms. The van der Waals surface area contributed by atoms with Crippen molar-refractivity contribution in [3.05, 3.63) is 29.8 Å². The summed E-state index contributed by atoms with van der Waals surface area (Å²) in [5.74, 6) is 1.81. The topological polar surface area (TPSA) is 17.8 Å². The monoisotopic (exact) mass is 268 g/mol. The molecule has 0 radical (unpaired) electrons. The van der Waals surface area contributed by atoms with Gasteiger partial charge in [-0.05, 0) is 18.1 Å². The highest BCUT2D eigenvalue weighted by atomic mass is 35.5. The fourth-order valence-electron chi connectivity index (χ4n) is 2.07. The minimum absolute atomic E-state index is 0.242. The van der Waals surface area contributed by atoms with Crippen LogP contribution in [0.4, 0.5) is 4.39 Å². The van der Waals surface area contributed by atoms with Gasteiger partial charge in [0.2, 0.25) is 0 Å². The maximum Gasteiger partial charge on any atom is 0.125 e. The maximum absolute atomic E-state index is 13.2. The SMILES string of the molecule is CCC(C)Cn1c(CCCl)nc2cc(F)ccc21. The molecule has 0 saturated heterocycles. The number of hydrogen-bond acceptors (Lipinski definition) is 1. The molecule has 0 saturated carbocycles. The van der Waals surface area contributed by atoms with Crippen LogP contribution in [0.3, 0.4) is 0 Å². The van der Waals surface area contributed by atoms with E-state index in [4.69, 9.17) is 11.6 Å². The average Bonchev–Trinajstić information content (AvgIpc) is 2.67. The van der Waals surface area contributed by atoms with E-state index in [0.29, 0.717) is 18.2 Å². The molecule has 2 aromatic rings. The van der Waals surface area contributed by atoms with Gasteiger partial charge >= 0.3 is 0 Å². The van der Waals surface area contributed by atoms with Crippen LogP contribution in [0.2, 0.25) is 0 Å². The van der Waals surface area contributed by atoms with E-state index in [1.165, 1.54) is 12.1 Å². The number of nitrogens with zero attached hydrogens (tertiary/aromatic N) is 2. The Labute approximate surface area is 112 Å². The molecule has 1 unspecified atom stereocenters. The summed E-state index contributed by atoms with van der Waals surface area (Å²) < 4.78 is 15.4. The third kappa shape index (κ3) is 2.66. The molecule has 0 aliphatic rings. The van der Waals surface area contributed by atoms with Crippen LogP contribution in [0.5, 0.6) is 0 Å². The van der Waals surface area contributed by atoms with E-state index in [2.05, 4.69) is 23.4 Å². The van der Waals surface area contributed by atoms with Crippen LogP contribution in [0.15, 0.2) is 18.2 Å². The van der Waals surface area contributed by atoms with Crippen molar-refractivity contribution in [2.24, 2.45) is 5.92 Å². The van der Waals surface area contributed by atoms with E-state index in [0.717, 1.165) is 29.8 Å². The lowest BCUT2D eigenvalue weighted by Crippen LogP contribution is -2.10. The lowest BCUT2D eigenvalue weighted by Gasteiger charge is -2.13. The second-order valence-corrected chi connectivity index (χ2v) is 5.10. The highest BCUT2D eigenvalue weighted by Gasteiger charge is 2.12. The smallest absolute Gasteiger partial charge is 0.125 e. The van der Waals surface area contributed by atoms with Gasteiger partial charge in [-0.15, -0.1) is 11.6 Å². The fourth-order valence-corrected chi connectivity index (χ4v) is 2.24. The van der Waals surface area contributed by atoms with Crippen molar-refractivity contribution in [3.8, 4) is 0 Å². The summed E-state index contributed by atoms with van der Waals surface area (Å²) >= 11 is 5.81. The number of halogens is 2. The van der Waals surface area contributed by atoms with Crippen molar-refractivity contribution < 1.29 is 4.39 Å². The largest absolute Gasteiger partial charge is 0.328 e. The van der Waals surface area contributed by atoms with E-state index < -0.39 is 0 Å². The molecule has 4 heteroatoms. The Morgan fingerprint density at radius 2 is 2.22 bits per heavy atom. The molecule has 1 aromatic carbocycles. The summed E-state index contributed by atoms with van der Waals surface area (Å²) in [6.07, 6.45) is 1.83. The molecule has 0 fully saturated rings. The molecule has 0 bridgehead atoms. The first-order valence-corrected chi connectivity index (χ1v) is 6.89. The standard InChI is InChI=1S/C14H18ClFN2/c1-3-10(2)9-18-13-5-4-11(16)8-12(13)17-14(18)6-7-15/h4-5,8,10H,3,6-7,9H2,1-2H3. The molecular weight excluding hydrogens is 251 g/mol. The van der Waals surface area contributed by atoms with Gasteiger partial charge in [-0.1, -0.05) is 20.3 Å². The van der Waals surface area contributed by atoms with E-state index in [1.807, 2.05) is 0 Å². The second kappa shape index (κ2) is 5.70. The first kappa shape index (κ1) is 13.3. The van der Waals surface area contributed by atoms with Gasteiger partial charge in [-0.25, -0.2) is 9.37 Å². The highest BCUT2D eigenvalue weighted by Crippen LogP contribution is 2.20. The van der Waals surface area contributed by atoms with E-state index >= 15 is 0 Å². The van der Waals surface area contributed by atoms with Crippen molar-refractivity contribution >= 4 is 22.6 Å². The van der Waals surface area contributed by atoms with Gasteiger partial charge in [0.25, 0.3) is 0 Å². The Morgan fingerprint density at radius 3 is 2.89 bits per heavy atom. The summed E-state index contributed by atoms with van der Waals surface area (Å²) in [7, 11) is 0.